The molecule has 10 unspecified atom stereocenters. The van der Waals surface area contributed by atoms with Crippen LogP contribution in [0.2, 0.25) is 0 Å². The second-order valence-corrected chi connectivity index (χ2v) is 9.12. The van der Waals surface area contributed by atoms with E-state index in [1.165, 1.54) is 12.8 Å². The van der Waals surface area contributed by atoms with E-state index >= 15 is 0 Å². The molecular weight excluding hydrogens is 304 g/mol. The third-order valence-electron chi connectivity index (χ3n) is 8.43. The third kappa shape index (κ3) is 2.76. The summed E-state index contributed by atoms with van der Waals surface area (Å²) in [6, 6.07) is 0. The number of hydrogen-bond acceptors (Lipinski definition) is 2. The van der Waals surface area contributed by atoms with Gasteiger partial charge in [-0.1, -0.05) is 27.7 Å². The molecule has 0 radical (unpaired) electrons. The highest BCUT2D eigenvalue weighted by molar-refractivity contribution is 5.71. The zero-order valence-electron chi connectivity index (χ0n) is 15.3. The number of carboxylic acids is 2. The highest BCUT2D eigenvalue weighted by atomic mass is 16.4. The Morgan fingerprint density at radius 1 is 0.625 bits per heavy atom. The molecule has 4 bridgehead atoms. The first-order valence-electron chi connectivity index (χ1n) is 9.67. The molecule has 0 saturated heterocycles. The fourth-order valence-corrected chi connectivity index (χ4v) is 6.45. The molecule has 136 valence electrons. The molecule has 4 rings (SSSR count). The lowest BCUT2D eigenvalue weighted by molar-refractivity contribution is -0.145. The highest BCUT2D eigenvalue weighted by Gasteiger charge is 2.52. The van der Waals surface area contributed by atoms with Gasteiger partial charge in [0.2, 0.25) is 0 Å². The van der Waals surface area contributed by atoms with Crippen molar-refractivity contribution in [1.82, 2.24) is 0 Å². The number of carbonyl (C=O) groups is 2. The number of hydrogen-bond donors (Lipinski definition) is 2. The van der Waals surface area contributed by atoms with E-state index in [0.29, 0.717) is 35.5 Å². The van der Waals surface area contributed by atoms with Crippen LogP contribution in [-0.2, 0) is 9.59 Å². The molecule has 4 saturated carbocycles. The molecule has 4 fully saturated rings. The van der Waals surface area contributed by atoms with E-state index in [0.717, 1.165) is 24.7 Å². The highest BCUT2D eigenvalue weighted by Crippen LogP contribution is 2.55. The molecule has 0 aliphatic heterocycles. The molecule has 0 aromatic rings. The van der Waals surface area contributed by atoms with Gasteiger partial charge in [-0.05, 0) is 73.0 Å². The van der Waals surface area contributed by atoms with Crippen molar-refractivity contribution in [1.29, 1.82) is 0 Å². The van der Waals surface area contributed by atoms with Gasteiger partial charge in [0.25, 0.3) is 0 Å². The summed E-state index contributed by atoms with van der Waals surface area (Å²) in [5, 5.41) is 17.9. The van der Waals surface area contributed by atoms with Crippen molar-refractivity contribution in [2.24, 2.45) is 59.2 Å². The minimum Gasteiger partial charge on any atom is -0.481 e. The molecule has 4 aliphatic rings. The maximum Gasteiger partial charge on any atom is 0.306 e. The van der Waals surface area contributed by atoms with E-state index in [-0.39, 0.29) is 11.8 Å². The third-order valence-corrected chi connectivity index (χ3v) is 8.43. The van der Waals surface area contributed by atoms with Crippen molar-refractivity contribution < 1.29 is 19.8 Å². The first-order valence-corrected chi connectivity index (χ1v) is 9.67. The molecule has 0 aromatic carbocycles. The van der Waals surface area contributed by atoms with Gasteiger partial charge >= 0.3 is 11.9 Å². The van der Waals surface area contributed by atoms with Crippen molar-refractivity contribution in [3.05, 3.63) is 0 Å². The van der Waals surface area contributed by atoms with Gasteiger partial charge in [0.05, 0.1) is 11.8 Å². The second kappa shape index (κ2) is 6.34. The minimum atomic E-state index is -0.568. The van der Waals surface area contributed by atoms with E-state index in [9.17, 15) is 9.59 Å². The van der Waals surface area contributed by atoms with Crippen LogP contribution in [0.25, 0.3) is 0 Å². The van der Waals surface area contributed by atoms with E-state index < -0.39 is 11.9 Å². The number of fused-ring (bicyclic) bond motifs is 4. The SMILES string of the molecule is CC1C2CC(C(=O)O)C(C2)C1C.CC1C2CC(C(=O)O)C(C2)C1C. The van der Waals surface area contributed by atoms with E-state index in [1.54, 1.807) is 0 Å². The molecule has 0 aromatic heterocycles. The van der Waals surface area contributed by atoms with Crippen LogP contribution in [0.3, 0.4) is 0 Å². The maximum absolute atomic E-state index is 10.8. The summed E-state index contributed by atoms with van der Waals surface area (Å²) in [5.41, 5.74) is 0. The Hall–Kier alpha value is -1.06. The number of rotatable bonds is 2. The molecule has 24 heavy (non-hydrogen) atoms. The average molecular weight is 336 g/mol. The van der Waals surface area contributed by atoms with Crippen molar-refractivity contribution >= 4 is 11.9 Å². The topological polar surface area (TPSA) is 74.6 Å². The van der Waals surface area contributed by atoms with Gasteiger partial charge in [0.15, 0.2) is 0 Å². The Bertz CT molecular complexity index is 466. The Labute approximate surface area is 145 Å². The van der Waals surface area contributed by atoms with Gasteiger partial charge < -0.3 is 10.2 Å². The second-order valence-electron chi connectivity index (χ2n) is 9.12. The van der Waals surface area contributed by atoms with Crippen molar-refractivity contribution in [3.63, 3.8) is 0 Å². The summed E-state index contributed by atoms with van der Waals surface area (Å²) in [6.07, 6.45) is 4.20. The lowest BCUT2D eigenvalue weighted by atomic mass is 9.76. The smallest absolute Gasteiger partial charge is 0.306 e. The van der Waals surface area contributed by atoms with Gasteiger partial charge in [-0.2, -0.15) is 0 Å². The van der Waals surface area contributed by atoms with E-state index in [2.05, 4.69) is 27.7 Å². The molecule has 4 aliphatic carbocycles. The first kappa shape index (κ1) is 17.8. The predicted octanol–water partition coefficient (Wildman–Crippen LogP) is 4.00. The van der Waals surface area contributed by atoms with Gasteiger partial charge in [0.1, 0.15) is 0 Å². The van der Waals surface area contributed by atoms with Crippen molar-refractivity contribution in [2.45, 2.75) is 53.4 Å². The zero-order chi connectivity index (χ0) is 17.8. The summed E-state index contributed by atoms with van der Waals surface area (Å²) in [4.78, 5) is 21.7. The molecule has 10 atom stereocenters. The minimum absolute atomic E-state index is 0.0267. The van der Waals surface area contributed by atoms with Crippen LogP contribution < -0.4 is 0 Å². The Morgan fingerprint density at radius 2 is 0.958 bits per heavy atom. The van der Waals surface area contributed by atoms with Gasteiger partial charge in [-0.15, -0.1) is 0 Å². The van der Waals surface area contributed by atoms with Crippen LogP contribution >= 0.6 is 0 Å². The Kier molecular flexibility index (Phi) is 4.69. The molecule has 0 spiro atoms. The van der Waals surface area contributed by atoms with E-state index in [4.69, 9.17) is 10.2 Å². The van der Waals surface area contributed by atoms with Crippen molar-refractivity contribution in [3.8, 4) is 0 Å². The standard InChI is InChI=1S/2C10H16O2/c2*1-5-6(2)8-3-7(5)4-9(8)10(11)12/h2*5-9H,3-4H2,1-2H3,(H,11,12). The molecule has 4 heteroatoms. The van der Waals surface area contributed by atoms with Crippen LogP contribution in [0, 0.1) is 59.2 Å². The molecule has 4 nitrogen and oxygen atoms in total. The quantitative estimate of drug-likeness (QED) is 0.799. The average Bonchev–Trinajstić information content (AvgIpc) is 3.25. The summed E-state index contributed by atoms with van der Waals surface area (Å²) < 4.78 is 0. The monoisotopic (exact) mass is 336 g/mol. The summed E-state index contributed by atoms with van der Waals surface area (Å²) >= 11 is 0. The zero-order valence-corrected chi connectivity index (χ0v) is 15.3. The normalized spacial score (nSPS) is 51.3. The summed E-state index contributed by atoms with van der Waals surface area (Å²) in [7, 11) is 0. The number of aliphatic carboxylic acids is 2. The van der Waals surface area contributed by atoms with Crippen LogP contribution in [0.1, 0.15) is 53.4 Å². The lowest BCUT2D eigenvalue weighted by Crippen LogP contribution is -2.29. The van der Waals surface area contributed by atoms with Crippen LogP contribution in [0.5, 0.6) is 0 Å². The summed E-state index contributed by atoms with van der Waals surface area (Å²) in [6.45, 7) is 8.97. The molecule has 0 amide bonds. The molecular formula is C20H32O4. The van der Waals surface area contributed by atoms with Crippen molar-refractivity contribution in [2.75, 3.05) is 0 Å². The van der Waals surface area contributed by atoms with Gasteiger partial charge in [-0.3, -0.25) is 9.59 Å². The van der Waals surface area contributed by atoms with Crippen LogP contribution in [0.4, 0.5) is 0 Å². The Balaban J connectivity index is 0.000000141. The van der Waals surface area contributed by atoms with Crippen LogP contribution in [-0.4, -0.2) is 22.2 Å². The molecule has 2 N–H and O–H groups in total. The fraction of sp³-hybridized carbons (Fsp3) is 0.900. The predicted molar refractivity (Wildman–Crippen MR) is 91.3 cm³/mol. The largest absolute Gasteiger partial charge is 0.481 e. The van der Waals surface area contributed by atoms with Gasteiger partial charge in [-0.25, -0.2) is 0 Å². The van der Waals surface area contributed by atoms with Gasteiger partial charge in [0, 0.05) is 0 Å². The maximum atomic E-state index is 10.8. The fourth-order valence-electron chi connectivity index (χ4n) is 6.45. The van der Waals surface area contributed by atoms with E-state index in [1.807, 2.05) is 0 Å². The molecule has 0 heterocycles. The lowest BCUT2D eigenvalue weighted by Gasteiger charge is -2.29. The summed E-state index contributed by atoms with van der Waals surface area (Å²) in [5.74, 6) is 3.93. The number of carboxylic acid groups (broad SMARTS) is 2. The first-order chi connectivity index (χ1) is 11.2. The Morgan fingerprint density at radius 3 is 1.17 bits per heavy atom. The van der Waals surface area contributed by atoms with Crippen LogP contribution in [0.15, 0.2) is 0 Å².